The van der Waals surface area contributed by atoms with Gasteiger partial charge < -0.3 is 24.0 Å². The fourth-order valence-corrected chi connectivity index (χ4v) is 5.21. The van der Waals surface area contributed by atoms with Crippen molar-refractivity contribution in [2.24, 2.45) is 0 Å². The number of nitrogens with zero attached hydrogens (tertiary/aromatic N) is 2. The third-order valence-electron chi connectivity index (χ3n) is 6.69. The van der Waals surface area contributed by atoms with E-state index in [4.69, 9.17) is 14.2 Å². The van der Waals surface area contributed by atoms with E-state index in [9.17, 15) is 4.79 Å². The Morgan fingerprint density at radius 2 is 2.00 bits per heavy atom. The average molecular weight is 392 g/mol. The van der Waals surface area contributed by atoms with Crippen LogP contribution in [0.4, 0.5) is 5.69 Å². The summed E-state index contributed by atoms with van der Waals surface area (Å²) in [5.41, 5.74) is 3.37. The van der Waals surface area contributed by atoms with Gasteiger partial charge in [-0.3, -0.25) is 4.79 Å². The third-order valence-corrected chi connectivity index (χ3v) is 6.69. The summed E-state index contributed by atoms with van der Waals surface area (Å²) in [4.78, 5) is 18.1. The van der Waals surface area contributed by atoms with Crippen LogP contribution < -0.4 is 14.4 Å². The largest absolute Gasteiger partial charge is 0.493 e. The SMILES string of the molecule is CN1CCOC(CN2C(=O)C3(COc4cc5c(cc43)CCO5)c3ccccc32)C1. The van der Waals surface area contributed by atoms with E-state index < -0.39 is 5.41 Å². The lowest BCUT2D eigenvalue weighted by Gasteiger charge is -2.33. The number of anilines is 1. The molecule has 0 saturated carbocycles. The fourth-order valence-electron chi connectivity index (χ4n) is 5.21. The van der Waals surface area contributed by atoms with Gasteiger partial charge in [0.15, 0.2) is 0 Å². The van der Waals surface area contributed by atoms with Gasteiger partial charge >= 0.3 is 0 Å². The van der Waals surface area contributed by atoms with E-state index in [2.05, 4.69) is 24.1 Å². The van der Waals surface area contributed by atoms with E-state index in [1.807, 2.05) is 29.2 Å². The molecule has 4 aliphatic rings. The average Bonchev–Trinajstić information content (AvgIpc) is 3.40. The number of likely N-dealkylation sites (N-methyl/N-ethyl adjacent to an activating group) is 1. The number of amides is 1. The Balaban J connectivity index is 1.44. The first-order valence-corrected chi connectivity index (χ1v) is 10.3. The highest BCUT2D eigenvalue weighted by Crippen LogP contribution is 2.53. The van der Waals surface area contributed by atoms with Crippen LogP contribution in [0.1, 0.15) is 16.7 Å². The number of carbonyl (C=O) groups excluding carboxylic acids is 1. The number of fused-ring (bicyclic) bond motifs is 5. The highest BCUT2D eigenvalue weighted by molar-refractivity contribution is 6.11. The molecule has 2 aromatic carbocycles. The van der Waals surface area contributed by atoms with Crippen molar-refractivity contribution < 1.29 is 19.0 Å². The van der Waals surface area contributed by atoms with Crippen molar-refractivity contribution in [2.45, 2.75) is 17.9 Å². The molecule has 1 amide bonds. The molecule has 2 unspecified atom stereocenters. The van der Waals surface area contributed by atoms with Gasteiger partial charge in [-0.1, -0.05) is 18.2 Å². The van der Waals surface area contributed by atoms with Crippen molar-refractivity contribution >= 4 is 11.6 Å². The summed E-state index contributed by atoms with van der Waals surface area (Å²) in [5.74, 6) is 1.74. The predicted octanol–water partition coefficient (Wildman–Crippen LogP) is 1.98. The zero-order chi connectivity index (χ0) is 19.6. The minimum atomic E-state index is -0.774. The summed E-state index contributed by atoms with van der Waals surface area (Å²) in [5, 5.41) is 0. The molecule has 0 aliphatic carbocycles. The van der Waals surface area contributed by atoms with Crippen LogP contribution in [0.5, 0.6) is 11.5 Å². The quantitative estimate of drug-likeness (QED) is 0.782. The molecule has 4 heterocycles. The first-order chi connectivity index (χ1) is 14.2. The standard InChI is InChI=1S/C23H24N2O4/c1-24-7-9-27-16(12-24)13-25-19-5-3-2-4-17(19)23(22(25)26)14-29-21-11-20-15(6-8-28-20)10-18(21)23/h2-5,10-11,16H,6-9,12-14H2,1H3. The maximum atomic E-state index is 14.0. The van der Waals surface area contributed by atoms with Crippen molar-refractivity contribution in [1.82, 2.24) is 4.90 Å². The lowest BCUT2D eigenvalue weighted by atomic mass is 9.76. The van der Waals surface area contributed by atoms with Crippen molar-refractivity contribution in [3.05, 3.63) is 53.1 Å². The number of para-hydroxylation sites is 1. The predicted molar refractivity (Wildman–Crippen MR) is 108 cm³/mol. The Morgan fingerprint density at radius 3 is 2.90 bits per heavy atom. The van der Waals surface area contributed by atoms with Crippen molar-refractivity contribution in [1.29, 1.82) is 0 Å². The van der Waals surface area contributed by atoms with Gasteiger partial charge in [0.2, 0.25) is 5.91 Å². The van der Waals surface area contributed by atoms with E-state index >= 15 is 0 Å². The summed E-state index contributed by atoms with van der Waals surface area (Å²) in [7, 11) is 2.10. The topological polar surface area (TPSA) is 51.2 Å². The molecule has 6 heteroatoms. The summed E-state index contributed by atoms with van der Waals surface area (Å²) in [6.45, 7) is 4.05. The number of ether oxygens (including phenoxy) is 3. The van der Waals surface area contributed by atoms with Crippen LogP contribution in [0, 0.1) is 0 Å². The van der Waals surface area contributed by atoms with Crippen LogP contribution in [0.15, 0.2) is 36.4 Å². The second-order valence-corrected chi connectivity index (χ2v) is 8.44. The molecule has 2 atom stereocenters. The number of hydrogen-bond donors (Lipinski definition) is 0. The van der Waals surface area contributed by atoms with Gasteiger partial charge in [-0.15, -0.1) is 0 Å². The molecular weight excluding hydrogens is 368 g/mol. The van der Waals surface area contributed by atoms with Gasteiger partial charge in [-0.05, 0) is 30.3 Å². The van der Waals surface area contributed by atoms with E-state index in [1.54, 1.807) is 0 Å². The molecule has 0 bridgehead atoms. The summed E-state index contributed by atoms with van der Waals surface area (Å²) in [6.07, 6.45) is 0.886. The van der Waals surface area contributed by atoms with Gasteiger partial charge in [-0.2, -0.15) is 0 Å². The molecule has 6 rings (SSSR count). The lowest BCUT2D eigenvalue weighted by Crippen LogP contribution is -2.49. The zero-order valence-electron chi connectivity index (χ0n) is 16.5. The molecule has 0 N–H and O–H groups in total. The van der Waals surface area contributed by atoms with E-state index in [-0.39, 0.29) is 12.0 Å². The number of rotatable bonds is 2. The van der Waals surface area contributed by atoms with Crippen LogP contribution in [0.25, 0.3) is 0 Å². The molecule has 0 radical (unpaired) electrons. The molecule has 6 nitrogen and oxygen atoms in total. The molecule has 29 heavy (non-hydrogen) atoms. The molecule has 4 aliphatic heterocycles. The van der Waals surface area contributed by atoms with Gasteiger partial charge in [-0.25, -0.2) is 0 Å². The zero-order valence-corrected chi connectivity index (χ0v) is 16.5. The summed E-state index contributed by atoms with van der Waals surface area (Å²) in [6, 6.07) is 12.2. The number of morpholine rings is 1. The minimum absolute atomic E-state index is 0.0103. The molecule has 1 saturated heterocycles. The Morgan fingerprint density at radius 1 is 1.10 bits per heavy atom. The normalized spacial score (nSPS) is 27.6. The number of carbonyl (C=O) groups is 1. The first-order valence-electron chi connectivity index (χ1n) is 10.3. The highest BCUT2D eigenvalue weighted by atomic mass is 16.5. The van der Waals surface area contributed by atoms with E-state index in [0.29, 0.717) is 26.4 Å². The molecular formula is C23H24N2O4. The molecule has 1 spiro atoms. The molecule has 150 valence electrons. The van der Waals surface area contributed by atoms with Crippen LogP contribution in [-0.2, 0) is 21.4 Å². The molecule has 2 aromatic rings. The summed E-state index contributed by atoms with van der Waals surface area (Å²) >= 11 is 0. The van der Waals surface area contributed by atoms with Gasteiger partial charge in [0.25, 0.3) is 0 Å². The van der Waals surface area contributed by atoms with Crippen molar-refractivity contribution in [3.8, 4) is 11.5 Å². The van der Waals surface area contributed by atoms with Crippen molar-refractivity contribution in [3.63, 3.8) is 0 Å². The third kappa shape index (κ3) is 2.39. The minimum Gasteiger partial charge on any atom is -0.493 e. The lowest BCUT2D eigenvalue weighted by molar-refractivity contribution is -0.122. The smallest absolute Gasteiger partial charge is 0.245 e. The fraction of sp³-hybridized carbons (Fsp3) is 0.435. The Hall–Kier alpha value is -2.57. The molecule has 1 fully saturated rings. The van der Waals surface area contributed by atoms with Crippen LogP contribution >= 0.6 is 0 Å². The van der Waals surface area contributed by atoms with Gasteiger partial charge in [0.05, 0.1) is 25.9 Å². The van der Waals surface area contributed by atoms with Gasteiger partial charge in [0.1, 0.15) is 23.5 Å². The Labute approximate surface area is 170 Å². The maximum absolute atomic E-state index is 14.0. The second kappa shape index (κ2) is 6.21. The van der Waals surface area contributed by atoms with Crippen LogP contribution in [0.2, 0.25) is 0 Å². The van der Waals surface area contributed by atoms with E-state index in [0.717, 1.165) is 53.4 Å². The number of hydrogen-bond acceptors (Lipinski definition) is 5. The number of benzene rings is 2. The highest BCUT2D eigenvalue weighted by Gasteiger charge is 2.57. The maximum Gasteiger partial charge on any atom is 0.245 e. The summed E-state index contributed by atoms with van der Waals surface area (Å²) < 4.78 is 17.8. The van der Waals surface area contributed by atoms with Crippen molar-refractivity contribution in [2.75, 3.05) is 51.4 Å². The van der Waals surface area contributed by atoms with Crippen LogP contribution in [0.3, 0.4) is 0 Å². The van der Waals surface area contributed by atoms with E-state index in [1.165, 1.54) is 0 Å². The van der Waals surface area contributed by atoms with Gasteiger partial charge in [0, 0.05) is 36.8 Å². The monoisotopic (exact) mass is 392 g/mol. The molecule has 0 aromatic heterocycles. The second-order valence-electron chi connectivity index (χ2n) is 8.44. The first kappa shape index (κ1) is 17.3. The van der Waals surface area contributed by atoms with Crippen LogP contribution in [-0.4, -0.2) is 63.4 Å². The Kier molecular flexibility index (Phi) is 3.71. The Bertz CT molecular complexity index is 1010.